The second-order valence-electron chi connectivity index (χ2n) is 3.77. The SMILES string of the molecule is COCCN=C(N)NC(=O)Nc1c(C)cccc1Br. The summed E-state index contributed by atoms with van der Waals surface area (Å²) in [7, 11) is 1.57. The molecular weight excluding hydrogens is 312 g/mol. The molecule has 0 spiro atoms. The first-order valence-electron chi connectivity index (χ1n) is 5.66. The predicted molar refractivity (Wildman–Crippen MR) is 79.4 cm³/mol. The minimum atomic E-state index is -0.436. The molecule has 0 saturated carbocycles. The number of urea groups is 1. The van der Waals surface area contributed by atoms with E-state index in [1.807, 2.05) is 25.1 Å². The van der Waals surface area contributed by atoms with Crippen LogP contribution in [0.1, 0.15) is 5.56 Å². The number of nitrogens with two attached hydrogens (primary N) is 1. The van der Waals surface area contributed by atoms with Gasteiger partial charge in [0.2, 0.25) is 0 Å². The van der Waals surface area contributed by atoms with Gasteiger partial charge < -0.3 is 15.8 Å². The Bertz CT molecular complexity index is 457. The Balaban J connectivity index is 2.58. The van der Waals surface area contributed by atoms with E-state index in [0.29, 0.717) is 18.8 Å². The zero-order valence-corrected chi connectivity index (χ0v) is 12.5. The van der Waals surface area contributed by atoms with E-state index in [4.69, 9.17) is 10.5 Å². The predicted octanol–water partition coefficient (Wildman–Crippen LogP) is 1.84. The molecule has 1 aromatic carbocycles. The van der Waals surface area contributed by atoms with Gasteiger partial charge in [-0.1, -0.05) is 12.1 Å². The Morgan fingerprint density at radius 1 is 1.53 bits per heavy atom. The number of anilines is 1. The number of halogens is 1. The van der Waals surface area contributed by atoms with E-state index in [1.165, 1.54) is 0 Å². The Morgan fingerprint density at radius 3 is 2.89 bits per heavy atom. The number of carbonyl (C=O) groups excluding carboxylic acids is 1. The van der Waals surface area contributed by atoms with E-state index < -0.39 is 6.03 Å². The van der Waals surface area contributed by atoms with Crippen LogP contribution < -0.4 is 16.4 Å². The van der Waals surface area contributed by atoms with Crippen LogP contribution in [0.3, 0.4) is 0 Å². The van der Waals surface area contributed by atoms with Crippen LogP contribution in [0.2, 0.25) is 0 Å². The Morgan fingerprint density at radius 2 is 2.26 bits per heavy atom. The van der Waals surface area contributed by atoms with Crippen LogP contribution in [0.25, 0.3) is 0 Å². The molecule has 0 unspecified atom stereocenters. The molecule has 0 aliphatic heterocycles. The molecule has 4 N–H and O–H groups in total. The van der Waals surface area contributed by atoms with Gasteiger partial charge in [0.25, 0.3) is 0 Å². The number of nitrogens with zero attached hydrogens (tertiary/aromatic N) is 1. The van der Waals surface area contributed by atoms with Crippen molar-refractivity contribution in [3.8, 4) is 0 Å². The van der Waals surface area contributed by atoms with Gasteiger partial charge in [0.1, 0.15) is 0 Å². The molecule has 1 rings (SSSR count). The zero-order chi connectivity index (χ0) is 14.3. The van der Waals surface area contributed by atoms with Crippen molar-refractivity contribution in [3.05, 3.63) is 28.2 Å². The fourth-order valence-electron chi connectivity index (χ4n) is 1.35. The van der Waals surface area contributed by atoms with E-state index >= 15 is 0 Å². The number of amides is 2. The number of hydrogen-bond acceptors (Lipinski definition) is 3. The minimum Gasteiger partial charge on any atom is -0.383 e. The van der Waals surface area contributed by atoms with Crippen LogP contribution >= 0.6 is 15.9 Å². The first kappa shape index (κ1) is 15.5. The van der Waals surface area contributed by atoms with Gasteiger partial charge in [-0.05, 0) is 34.5 Å². The summed E-state index contributed by atoms with van der Waals surface area (Å²) in [6, 6.07) is 5.20. The number of para-hydroxylation sites is 1. The van der Waals surface area contributed by atoms with Gasteiger partial charge in [-0.15, -0.1) is 0 Å². The largest absolute Gasteiger partial charge is 0.383 e. The average Bonchev–Trinajstić information content (AvgIpc) is 2.34. The lowest BCUT2D eigenvalue weighted by atomic mass is 10.2. The van der Waals surface area contributed by atoms with Crippen molar-refractivity contribution in [2.24, 2.45) is 10.7 Å². The van der Waals surface area contributed by atoms with Gasteiger partial charge in [0.05, 0.1) is 18.8 Å². The number of ether oxygens (including phenoxy) is 1. The van der Waals surface area contributed by atoms with Crippen LogP contribution in [0.5, 0.6) is 0 Å². The smallest absolute Gasteiger partial charge is 0.326 e. The first-order chi connectivity index (χ1) is 9.04. The van der Waals surface area contributed by atoms with Crippen LogP contribution in [0, 0.1) is 6.92 Å². The number of guanidine groups is 1. The van der Waals surface area contributed by atoms with E-state index in [1.54, 1.807) is 7.11 Å². The maximum Gasteiger partial charge on any atom is 0.326 e. The molecule has 0 aromatic heterocycles. The van der Waals surface area contributed by atoms with Crippen LogP contribution in [-0.2, 0) is 4.74 Å². The van der Waals surface area contributed by atoms with E-state index in [-0.39, 0.29) is 5.96 Å². The number of aliphatic imine (C=N–C) groups is 1. The van der Waals surface area contributed by atoms with Crippen molar-refractivity contribution >= 4 is 33.6 Å². The Labute approximate surface area is 120 Å². The summed E-state index contributed by atoms with van der Waals surface area (Å²) in [4.78, 5) is 15.7. The molecule has 7 heteroatoms. The summed E-state index contributed by atoms with van der Waals surface area (Å²) in [5, 5.41) is 5.15. The molecule has 6 nitrogen and oxygen atoms in total. The monoisotopic (exact) mass is 328 g/mol. The number of benzene rings is 1. The molecule has 0 heterocycles. The molecule has 0 saturated heterocycles. The number of carbonyl (C=O) groups is 1. The lowest BCUT2D eigenvalue weighted by molar-refractivity contribution is 0.208. The second kappa shape index (κ2) is 7.75. The molecule has 2 amide bonds. The number of methoxy groups -OCH3 is 1. The Kier molecular flexibility index (Phi) is 6.31. The van der Waals surface area contributed by atoms with Gasteiger partial charge in [-0.25, -0.2) is 4.79 Å². The van der Waals surface area contributed by atoms with E-state index in [2.05, 4.69) is 31.6 Å². The molecule has 0 radical (unpaired) electrons. The van der Waals surface area contributed by atoms with Crippen molar-refractivity contribution < 1.29 is 9.53 Å². The Hall–Kier alpha value is -1.60. The highest BCUT2D eigenvalue weighted by atomic mass is 79.9. The maximum atomic E-state index is 11.7. The molecule has 0 fully saturated rings. The average molecular weight is 329 g/mol. The van der Waals surface area contributed by atoms with Gasteiger partial charge in [-0.2, -0.15) is 0 Å². The molecule has 0 aliphatic carbocycles. The molecule has 19 heavy (non-hydrogen) atoms. The first-order valence-corrected chi connectivity index (χ1v) is 6.46. The summed E-state index contributed by atoms with van der Waals surface area (Å²) in [6.45, 7) is 2.75. The normalized spacial score (nSPS) is 11.2. The fourth-order valence-corrected chi connectivity index (χ4v) is 1.91. The number of hydrogen-bond donors (Lipinski definition) is 3. The molecule has 0 aliphatic rings. The highest BCUT2D eigenvalue weighted by Gasteiger charge is 2.08. The van der Waals surface area contributed by atoms with Crippen molar-refractivity contribution in [2.75, 3.05) is 25.6 Å². The maximum absolute atomic E-state index is 11.7. The third-order valence-electron chi connectivity index (χ3n) is 2.28. The van der Waals surface area contributed by atoms with Gasteiger partial charge >= 0.3 is 6.03 Å². The highest BCUT2D eigenvalue weighted by molar-refractivity contribution is 9.10. The summed E-state index contributed by atoms with van der Waals surface area (Å²) in [5.74, 6) is 0.0549. The number of rotatable bonds is 4. The van der Waals surface area contributed by atoms with E-state index in [0.717, 1.165) is 10.0 Å². The van der Waals surface area contributed by atoms with E-state index in [9.17, 15) is 4.79 Å². The highest BCUT2D eigenvalue weighted by Crippen LogP contribution is 2.25. The molecule has 1 aromatic rings. The topological polar surface area (TPSA) is 88.7 Å². The second-order valence-corrected chi connectivity index (χ2v) is 4.62. The zero-order valence-electron chi connectivity index (χ0n) is 10.9. The quantitative estimate of drug-likeness (QED) is 0.447. The molecule has 0 atom stereocenters. The summed E-state index contributed by atoms with van der Waals surface area (Å²) in [5.41, 5.74) is 7.20. The van der Waals surface area contributed by atoms with Crippen molar-refractivity contribution in [2.45, 2.75) is 6.92 Å². The van der Waals surface area contributed by atoms with Crippen molar-refractivity contribution in [1.82, 2.24) is 5.32 Å². The third kappa shape index (κ3) is 5.27. The number of aryl methyl sites for hydroxylation is 1. The van der Waals surface area contributed by atoms with Gasteiger partial charge in [0, 0.05) is 11.6 Å². The van der Waals surface area contributed by atoms with Crippen molar-refractivity contribution in [1.29, 1.82) is 0 Å². The number of nitrogens with one attached hydrogen (secondary N) is 2. The third-order valence-corrected chi connectivity index (χ3v) is 2.94. The fraction of sp³-hybridized carbons (Fsp3) is 0.333. The molecule has 0 bridgehead atoms. The van der Waals surface area contributed by atoms with Crippen molar-refractivity contribution in [3.63, 3.8) is 0 Å². The van der Waals surface area contributed by atoms with Gasteiger partial charge in [0.15, 0.2) is 5.96 Å². The summed E-state index contributed by atoms with van der Waals surface area (Å²) >= 11 is 3.37. The van der Waals surface area contributed by atoms with Crippen LogP contribution in [-0.4, -0.2) is 32.3 Å². The van der Waals surface area contributed by atoms with Crippen LogP contribution in [0.15, 0.2) is 27.7 Å². The lowest BCUT2D eigenvalue weighted by Gasteiger charge is -2.11. The lowest BCUT2D eigenvalue weighted by Crippen LogP contribution is -2.40. The minimum absolute atomic E-state index is 0.0549. The summed E-state index contributed by atoms with van der Waals surface area (Å²) < 4.78 is 5.63. The standard InChI is InChI=1S/C12H17BrN4O2/c1-8-4-3-5-9(13)10(8)16-12(18)17-11(14)15-6-7-19-2/h3-5H,6-7H2,1-2H3,(H4,14,15,16,17,18). The molecular formula is C12H17BrN4O2. The van der Waals surface area contributed by atoms with Gasteiger partial charge in [-0.3, -0.25) is 10.3 Å². The van der Waals surface area contributed by atoms with Crippen LogP contribution in [0.4, 0.5) is 10.5 Å². The molecule has 104 valence electrons. The summed E-state index contributed by atoms with van der Waals surface area (Å²) in [6.07, 6.45) is 0.